The van der Waals surface area contributed by atoms with Crippen molar-refractivity contribution >= 4 is 39.8 Å². The van der Waals surface area contributed by atoms with Gasteiger partial charge in [-0.05, 0) is 34.0 Å². The Labute approximate surface area is 197 Å². The molecular formula is C24H19N7O4. The van der Waals surface area contributed by atoms with Crippen LogP contribution in [-0.2, 0) is 13.6 Å². The van der Waals surface area contributed by atoms with Crippen LogP contribution in [0.15, 0.2) is 81.4 Å². The number of nitrogens with one attached hydrogen (secondary N) is 2. The van der Waals surface area contributed by atoms with Gasteiger partial charge >= 0.3 is 5.69 Å². The monoisotopic (exact) mass is 469 g/mol. The predicted molar refractivity (Wildman–Crippen MR) is 133 cm³/mol. The van der Waals surface area contributed by atoms with Crippen molar-refractivity contribution in [3.8, 4) is 0 Å². The molecule has 11 nitrogen and oxygen atoms in total. The number of nitrogens with zero attached hydrogens (tertiary/aromatic N) is 5. The smallest absolute Gasteiger partial charge is 0.298 e. The van der Waals surface area contributed by atoms with E-state index in [9.17, 15) is 19.7 Å². The number of nitro groups is 1. The van der Waals surface area contributed by atoms with E-state index in [1.54, 1.807) is 16.7 Å². The molecule has 2 aromatic heterocycles. The Morgan fingerprint density at radius 2 is 1.83 bits per heavy atom. The molecule has 174 valence electrons. The van der Waals surface area contributed by atoms with Crippen molar-refractivity contribution in [2.24, 2.45) is 12.1 Å². The molecule has 35 heavy (non-hydrogen) atoms. The molecule has 0 saturated heterocycles. The molecule has 0 bridgehead atoms. The van der Waals surface area contributed by atoms with E-state index in [1.165, 1.54) is 30.0 Å². The van der Waals surface area contributed by atoms with E-state index in [-0.39, 0.29) is 22.8 Å². The minimum atomic E-state index is -0.571. The zero-order valence-electron chi connectivity index (χ0n) is 18.5. The summed E-state index contributed by atoms with van der Waals surface area (Å²) in [5.74, 6) is 0.262. The molecule has 0 saturated carbocycles. The second-order valence-corrected chi connectivity index (χ2v) is 7.87. The molecule has 0 unspecified atom stereocenters. The highest BCUT2D eigenvalue weighted by Gasteiger charge is 2.18. The number of aromatic amines is 1. The van der Waals surface area contributed by atoms with E-state index < -0.39 is 16.2 Å². The molecule has 0 spiro atoms. The van der Waals surface area contributed by atoms with Crippen molar-refractivity contribution in [2.75, 3.05) is 5.43 Å². The van der Waals surface area contributed by atoms with Crippen LogP contribution < -0.4 is 16.7 Å². The Balaban J connectivity index is 1.57. The number of aryl methyl sites for hydroxylation is 1. The minimum absolute atomic E-state index is 0.0212. The number of hydrazone groups is 1. The number of fused-ring (bicyclic) bond motifs is 2. The molecule has 5 rings (SSSR count). The van der Waals surface area contributed by atoms with Gasteiger partial charge in [-0.3, -0.25) is 29.0 Å². The van der Waals surface area contributed by atoms with E-state index in [2.05, 4.69) is 20.5 Å². The van der Waals surface area contributed by atoms with Crippen molar-refractivity contribution in [3.63, 3.8) is 0 Å². The van der Waals surface area contributed by atoms with Gasteiger partial charge in [0.2, 0.25) is 5.95 Å². The van der Waals surface area contributed by atoms with Gasteiger partial charge in [0.15, 0.2) is 11.2 Å². The minimum Gasteiger partial charge on any atom is -0.298 e. The average Bonchev–Trinajstić information content (AvgIpc) is 3.22. The summed E-state index contributed by atoms with van der Waals surface area (Å²) in [7, 11) is 1.53. The molecule has 0 atom stereocenters. The molecule has 2 N–H and O–H groups in total. The van der Waals surface area contributed by atoms with Crippen molar-refractivity contribution in [1.82, 2.24) is 19.1 Å². The van der Waals surface area contributed by atoms with Gasteiger partial charge in [-0.25, -0.2) is 10.2 Å². The molecule has 0 radical (unpaired) electrons. The first kappa shape index (κ1) is 21.8. The van der Waals surface area contributed by atoms with Crippen molar-refractivity contribution in [2.45, 2.75) is 6.54 Å². The molecule has 3 aromatic carbocycles. The Bertz CT molecular complexity index is 1720. The summed E-state index contributed by atoms with van der Waals surface area (Å²) in [6.45, 7) is 0.300. The van der Waals surface area contributed by atoms with Gasteiger partial charge in [-0.2, -0.15) is 10.1 Å². The van der Waals surface area contributed by atoms with E-state index in [4.69, 9.17) is 0 Å². The molecule has 0 aliphatic rings. The predicted octanol–water partition coefficient (Wildman–Crippen LogP) is 2.98. The maximum Gasteiger partial charge on any atom is 0.329 e. The van der Waals surface area contributed by atoms with E-state index >= 15 is 0 Å². The third-order valence-electron chi connectivity index (χ3n) is 5.70. The number of imidazole rings is 1. The fourth-order valence-electron chi connectivity index (χ4n) is 3.92. The van der Waals surface area contributed by atoms with Crippen LogP contribution in [0.25, 0.3) is 21.9 Å². The number of hydrogen-bond donors (Lipinski definition) is 2. The quantitative estimate of drug-likeness (QED) is 0.223. The number of aromatic nitrogens is 4. The molecule has 2 heterocycles. The topological polar surface area (TPSA) is 140 Å². The van der Waals surface area contributed by atoms with Crippen LogP contribution in [0.2, 0.25) is 0 Å². The number of non-ortho nitro benzene ring substituents is 1. The fraction of sp³-hybridized carbons (Fsp3) is 0.0833. The summed E-state index contributed by atoms with van der Waals surface area (Å²) in [5.41, 5.74) is 3.74. The zero-order chi connectivity index (χ0) is 24.5. The molecule has 0 fully saturated rings. The third kappa shape index (κ3) is 4.06. The summed E-state index contributed by atoms with van der Waals surface area (Å²) in [5, 5.41) is 17.1. The molecule has 0 aliphatic heterocycles. The SMILES string of the molecule is Cn1c(=O)[nH]c(=O)c2c1nc(N/N=C\c1ccc([N+](=O)[O-])cc1)n2Cc1cccc2ccccc12. The molecule has 0 amide bonds. The van der Waals surface area contributed by atoms with Crippen LogP contribution in [0.4, 0.5) is 11.6 Å². The Morgan fingerprint density at radius 3 is 2.60 bits per heavy atom. The van der Waals surface area contributed by atoms with Gasteiger partial charge in [0.25, 0.3) is 11.2 Å². The van der Waals surface area contributed by atoms with Gasteiger partial charge in [0.05, 0.1) is 17.7 Å². The van der Waals surface area contributed by atoms with Gasteiger partial charge in [0, 0.05) is 19.2 Å². The van der Waals surface area contributed by atoms with Gasteiger partial charge < -0.3 is 0 Å². The lowest BCUT2D eigenvalue weighted by atomic mass is 10.0. The fourth-order valence-corrected chi connectivity index (χ4v) is 3.92. The second kappa shape index (κ2) is 8.71. The summed E-state index contributed by atoms with van der Waals surface area (Å²) in [6, 6.07) is 19.7. The van der Waals surface area contributed by atoms with Gasteiger partial charge in [-0.1, -0.05) is 42.5 Å². The summed E-state index contributed by atoms with van der Waals surface area (Å²) >= 11 is 0. The molecule has 11 heteroatoms. The summed E-state index contributed by atoms with van der Waals surface area (Å²) in [6.07, 6.45) is 1.48. The number of H-pyrrole nitrogens is 1. The molecular weight excluding hydrogens is 450 g/mol. The number of anilines is 1. The van der Waals surface area contributed by atoms with Crippen LogP contribution in [0, 0.1) is 10.1 Å². The van der Waals surface area contributed by atoms with Crippen molar-refractivity contribution in [3.05, 3.63) is 109 Å². The zero-order valence-corrected chi connectivity index (χ0v) is 18.5. The van der Waals surface area contributed by atoms with Gasteiger partial charge in [-0.15, -0.1) is 0 Å². The number of nitro benzene ring substituents is 1. The lowest BCUT2D eigenvalue weighted by Crippen LogP contribution is -2.29. The lowest BCUT2D eigenvalue weighted by molar-refractivity contribution is -0.384. The van der Waals surface area contributed by atoms with Crippen LogP contribution in [-0.4, -0.2) is 30.2 Å². The molecule has 5 aromatic rings. The summed E-state index contributed by atoms with van der Waals surface area (Å²) in [4.78, 5) is 42.1. The van der Waals surface area contributed by atoms with E-state index in [0.717, 1.165) is 16.3 Å². The van der Waals surface area contributed by atoms with Gasteiger partial charge in [0.1, 0.15) is 0 Å². The standard InChI is InChI=1S/C24H19N7O4/c1-29-21-20(22(32)27-24(29)33)30(14-17-7-4-6-16-5-2-3-8-19(16)17)23(26-21)28-25-13-15-9-11-18(12-10-15)31(34)35/h2-13H,14H2,1H3,(H,26,28)(H,27,32,33)/b25-13-. The largest absolute Gasteiger partial charge is 0.329 e. The third-order valence-corrected chi connectivity index (χ3v) is 5.70. The van der Waals surface area contributed by atoms with Crippen LogP contribution >= 0.6 is 0 Å². The van der Waals surface area contributed by atoms with E-state index in [1.807, 2.05) is 42.5 Å². The highest BCUT2D eigenvalue weighted by molar-refractivity contribution is 5.86. The first-order valence-electron chi connectivity index (χ1n) is 10.6. The first-order valence-corrected chi connectivity index (χ1v) is 10.6. The first-order chi connectivity index (χ1) is 16.9. The van der Waals surface area contributed by atoms with E-state index in [0.29, 0.717) is 12.1 Å². The van der Waals surface area contributed by atoms with Crippen LogP contribution in [0.5, 0.6) is 0 Å². The van der Waals surface area contributed by atoms with Crippen LogP contribution in [0.1, 0.15) is 11.1 Å². The Morgan fingerprint density at radius 1 is 1.09 bits per heavy atom. The highest BCUT2D eigenvalue weighted by atomic mass is 16.6. The number of benzene rings is 3. The van der Waals surface area contributed by atoms with Crippen LogP contribution in [0.3, 0.4) is 0 Å². The number of hydrogen-bond acceptors (Lipinski definition) is 7. The lowest BCUT2D eigenvalue weighted by Gasteiger charge is -2.11. The highest BCUT2D eigenvalue weighted by Crippen LogP contribution is 2.23. The maximum atomic E-state index is 12.8. The number of rotatable bonds is 6. The Kier molecular flexibility index (Phi) is 5.41. The Hall–Kier alpha value is -5.06. The molecule has 0 aliphatic carbocycles. The second-order valence-electron chi connectivity index (χ2n) is 7.87. The summed E-state index contributed by atoms with van der Waals surface area (Å²) < 4.78 is 2.93. The van der Waals surface area contributed by atoms with Crippen molar-refractivity contribution in [1.29, 1.82) is 0 Å². The average molecular weight is 469 g/mol. The normalized spacial score (nSPS) is 11.5. The van der Waals surface area contributed by atoms with Crippen molar-refractivity contribution < 1.29 is 4.92 Å². The maximum absolute atomic E-state index is 12.8.